The van der Waals surface area contributed by atoms with Gasteiger partial charge in [0.15, 0.2) is 0 Å². The number of rotatable bonds is 3. The first-order valence-corrected chi connectivity index (χ1v) is 6.86. The minimum absolute atomic E-state index is 0.0433. The van der Waals surface area contributed by atoms with E-state index < -0.39 is 23.7 Å². The van der Waals surface area contributed by atoms with Gasteiger partial charge < -0.3 is 5.11 Å². The molecule has 0 saturated carbocycles. The van der Waals surface area contributed by atoms with E-state index in [0.29, 0.717) is 4.47 Å². The Balaban J connectivity index is 2.23. The second-order valence-electron chi connectivity index (χ2n) is 4.58. The molecule has 0 fully saturated rings. The summed E-state index contributed by atoms with van der Waals surface area (Å²) in [5.41, 5.74) is -0.458. The summed E-state index contributed by atoms with van der Waals surface area (Å²) in [7, 11) is 0. The second-order valence-corrected chi connectivity index (χ2v) is 5.50. The van der Waals surface area contributed by atoms with Crippen LogP contribution >= 0.6 is 15.9 Å². The van der Waals surface area contributed by atoms with Crippen molar-refractivity contribution in [1.82, 2.24) is 0 Å². The van der Waals surface area contributed by atoms with Gasteiger partial charge in [-0.05, 0) is 29.8 Å². The van der Waals surface area contributed by atoms with Crippen molar-refractivity contribution in [3.8, 4) is 0 Å². The summed E-state index contributed by atoms with van der Waals surface area (Å²) in [6, 6.07) is 8.73. The van der Waals surface area contributed by atoms with E-state index >= 15 is 0 Å². The van der Waals surface area contributed by atoms with E-state index in [2.05, 4.69) is 15.9 Å². The van der Waals surface area contributed by atoms with Crippen molar-refractivity contribution in [3.05, 3.63) is 69.4 Å². The Hall–Kier alpha value is -1.40. The molecule has 0 heterocycles. The summed E-state index contributed by atoms with van der Waals surface area (Å²) in [5, 5.41) is 10.0. The van der Waals surface area contributed by atoms with E-state index in [0.717, 1.165) is 12.1 Å². The SMILES string of the molecule is OC(Cc1cccc(C(F)(F)F)c1)c1cc(Br)ccc1F. The molecule has 2 aromatic carbocycles. The standard InChI is InChI=1S/C15H11BrF4O/c16-11-4-5-13(17)12(8-11)14(21)7-9-2-1-3-10(6-9)15(18,19)20/h1-6,8,14,21H,7H2. The molecule has 0 bridgehead atoms. The number of aliphatic hydroxyl groups is 1. The van der Waals surface area contributed by atoms with Crippen LogP contribution in [0.2, 0.25) is 0 Å². The molecule has 0 amide bonds. The van der Waals surface area contributed by atoms with Crippen molar-refractivity contribution < 1.29 is 22.7 Å². The summed E-state index contributed by atoms with van der Waals surface area (Å²) in [4.78, 5) is 0. The van der Waals surface area contributed by atoms with Crippen molar-refractivity contribution in [2.45, 2.75) is 18.7 Å². The lowest BCUT2D eigenvalue weighted by Crippen LogP contribution is -2.08. The van der Waals surface area contributed by atoms with Crippen LogP contribution < -0.4 is 0 Å². The fraction of sp³-hybridized carbons (Fsp3) is 0.200. The molecule has 1 atom stereocenters. The first-order chi connectivity index (χ1) is 9.77. The number of halogens is 5. The minimum atomic E-state index is -4.44. The molecule has 0 spiro atoms. The van der Waals surface area contributed by atoms with Crippen LogP contribution in [0.5, 0.6) is 0 Å². The van der Waals surface area contributed by atoms with Crippen LogP contribution in [-0.4, -0.2) is 5.11 Å². The molecule has 21 heavy (non-hydrogen) atoms. The van der Waals surface area contributed by atoms with E-state index in [9.17, 15) is 22.7 Å². The molecular formula is C15H11BrF4O. The number of hydrogen-bond acceptors (Lipinski definition) is 1. The third-order valence-electron chi connectivity index (χ3n) is 3.00. The summed E-state index contributed by atoms with van der Waals surface area (Å²) >= 11 is 3.16. The molecule has 0 aliphatic carbocycles. The smallest absolute Gasteiger partial charge is 0.388 e. The van der Waals surface area contributed by atoms with E-state index in [1.54, 1.807) is 0 Å². The third kappa shape index (κ3) is 4.04. The second kappa shape index (κ2) is 6.15. The molecule has 1 N–H and O–H groups in total. The van der Waals surface area contributed by atoms with Gasteiger partial charge in [0.25, 0.3) is 0 Å². The van der Waals surface area contributed by atoms with Crippen molar-refractivity contribution >= 4 is 15.9 Å². The molecule has 0 saturated heterocycles. The molecule has 1 nitrogen and oxygen atoms in total. The van der Waals surface area contributed by atoms with E-state index in [4.69, 9.17) is 0 Å². The van der Waals surface area contributed by atoms with Gasteiger partial charge in [-0.3, -0.25) is 0 Å². The zero-order valence-electron chi connectivity index (χ0n) is 10.7. The molecule has 112 valence electrons. The maximum absolute atomic E-state index is 13.6. The highest BCUT2D eigenvalue weighted by Crippen LogP contribution is 2.31. The largest absolute Gasteiger partial charge is 0.416 e. The third-order valence-corrected chi connectivity index (χ3v) is 3.49. The van der Waals surface area contributed by atoms with Gasteiger partial charge >= 0.3 is 6.18 Å². The molecule has 6 heteroatoms. The Labute approximate surface area is 127 Å². The molecular weight excluding hydrogens is 352 g/mol. The van der Waals surface area contributed by atoms with Crippen LogP contribution in [0.25, 0.3) is 0 Å². The van der Waals surface area contributed by atoms with Crippen molar-refractivity contribution in [2.24, 2.45) is 0 Å². The number of alkyl halides is 3. The van der Waals surface area contributed by atoms with Crippen molar-refractivity contribution in [3.63, 3.8) is 0 Å². The first kappa shape index (κ1) is 16.0. The summed E-state index contributed by atoms with van der Waals surface area (Å²) in [6.07, 6.45) is -5.76. The topological polar surface area (TPSA) is 20.2 Å². The number of benzene rings is 2. The van der Waals surface area contributed by atoms with Gasteiger partial charge in [-0.15, -0.1) is 0 Å². The highest BCUT2D eigenvalue weighted by atomic mass is 79.9. The average molecular weight is 363 g/mol. The minimum Gasteiger partial charge on any atom is -0.388 e. The normalized spacial score (nSPS) is 13.2. The summed E-state index contributed by atoms with van der Waals surface area (Å²) in [5.74, 6) is -0.599. The quantitative estimate of drug-likeness (QED) is 0.771. The Morgan fingerprint density at radius 3 is 2.48 bits per heavy atom. The van der Waals surface area contributed by atoms with Crippen LogP contribution in [0.1, 0.15) is 22.8 Å². The Bertz CT molecular complexity index is 640. The molecule has 0 aliphatic heterocycles. The predicted molar refractivity (Wildman–Crippen MR) is 74.2 cm³/mol. The van der Waals surface area contributed by atoms with Gasteiger partial charge in [0.1, 0.15) is 5.82 Å². The monoisotopic (exact) mass is 362 g/mol. The van der Waals surface area contributed by atoms with Gasteiger partial charge in [0.05, 0.1) is 11.7 Å². The van der Waals surface area contributed by atoms with Crippen LogP contribution in [0, 0.1) is 5.82 Å². The van der Waals surface area contributed by atoms with Crippen molar-refractivity contribution in [2.75, 3.05) is 0 Å². The van der Waals surface area contributed by atoms with Gasteiger partial charge in [-0.2, -0.15) is 13.2 Å². The fourth-order valence-electron chi connectivity index (χ4n) is 1.98. The van der Waals surface area contributed by atoms with Gasteiger partial charge in [0, 0.05) is 16.5 Å². The molecule has 2 rings (SSSR count). The lowest BCUT2D eigenvalue weighted by atomic mass is 9.99. The van der Waals surface area contributed by atoms with Crippen LogP contribution in [0.4, 0.5) is 17.6 Å². The zero-order chi connectivity index (χ0) is 15.6. The molecule has 2 aromatic rings. The first-order valence-electron chi connectivity index (χ1n) is 6.06. The van der Waals surface area contributed by atoms with Gasteiger partial charge in [-0.1, -0.05) is 34.1 Å². The highest BCUT2D eigenvalue weighted by molar-refractivity contribution is 9.10. The molecule has 0 aliphatic rings. The maximum Gasteiger partial charge on any atom is 0.416 e. The number of aliphatic hydroxyl groups excluding tert-OH is 1. The Morgan fingerprint density at radius 1 is 1.10 bits per heavy atom. The number of hydrogen-bond donors (Lipinski definition) is 1. The Morgan fingerprint density at radius 2 is 1.81 bits per heavy atom. The van der Waals surface area contributed by atoms with Crippen LogP contribution in [0.3, 0.4) is 0 Å². The lowest BCUT2D eigenvalue weighted by molar-refractivity contribution is -0.137. The summed E-state index contributed by atoms with van der Waals surface area (Å²) in [6.45, 7) is 0. The summed E-state index contributed by atoms with van der Waals surface area (Å²) < 4.78 is 52.1. The zero-order valence-corrected chi connectivity index (χ0v) is 12.2. The predicted octanol–water partition coefficient (Wildman–Crippen LogP) is 4.88. The average Bonchev–Trinajstić information content (AvgIpc) is 2.41. The van der Waals surface area contributed by atoms with E-state index in [1.165, 1.54) is 30.3 Å². The molecule has 0 aromatic heterocycles. The van der Waals surface area contributed by atoms with Gasteiger partial charge in [0.2, 0.25) is 0 Å². The molecule has 1 unspecified atom stereocenters. The van der Waals surface area contributed by atoms with Crippen LogP contribution in [0.15, 0.2) is 46.9 Å². The van der Waals surface area contributed by atoms with E-state index in [1.807, 2.05) is 0 Å². The highest BCUT2D eigenvalue weighted by Gasteiger charge is 2.30. The molecule has 0 radical (unpaired) electrons. The van der Waals surface area contributed by atoms with E-state index in [-0.39, 0.29) is 17.5 Å². The Kier molecular flexibility index (Phi) is 4.68. The fourth-order valence-corrected chi connectivity index (χ4v) is 2.36. The van der Waals surface area contributed by atoms with Gasteiger partial charge in [-0.25, -0.2) is 4.39 Å². The van der Waals surface area contributed by atoms with Crippen molar-refractivity contribution in [1.29, 1.82) is 0 Å². The maximum atomic E-state index is 13.6. The lowest BCUT2D eigenvalue weighted by Gasteiger charge is -2.14. The van der Waals surface area contributed by atoms with Crippen LogP contribution in [-0.2, 0) is 12.6 Å².